The predicted molar refractivity (Wildman–Crippen MR) is 81.0 cm³/mol. The molecule has 2 unspecified atom stereocenters. The first kappa shape index (κ1) is 16.0. The van der Waals surface area contributed by atoms with Crippen molar-refractivity contribution in [3.63, 3.8) is 0 Å². The molecule has 21 heavy (non-hydrogen) atoms. The molecular weight excluding hydrogens is 269 g/mol. The number of ether oxygens (including phenoxy) is 1. The van der Waals surface area contributed by atoms with Gasteiger partial charge < -0.3 is 10.1 Å². The number of hydrogen-bond donors (Lipinski definition) is 1. The zero-order valence-electron chi connectivity index (χ0n) is 12.8. The van der Waals surface area contributed by atoms with E-state index in [2.05, 4.69) is 12.2 Å². The van der Waals surface area contributed by atoms with Crippen LogP contribution in [0.1, 0.15) is 31.7 Å². The van der Waals surface area contributed by atoms with E-state index in [1.165, 1.54) is 20.0 Å². The van der Waals surface area contributed by atoms with Crippen LogP contribution in [0.15, 0.2) is 18.2 Å². The lowest BCUT2D eigenvalue weighted by molar-refractivity contribution is -0.119. The molecule has 0 radical (unpaired) electrons. The van der Waals surface area contributed by atoms with Crippen LogP contribution in [0.3, 0.4) is 0 Å². The number of halogens is 1. The van der Waals surface area contributed by atoms with E-state index in [0.29, 0.717) is 23.8 Å². The first-order valence-electron chi connectivity index (χ1n) is 7.65. The van der Waals surface area contributed by atoms with Crippen molar-refractivity contribution in [2.24, 2.45) is 11.8 Å². The fraction of sp³-hybridized carbons (Fsp3) is 0.588. The van der Waals surface area contributed by atoms with Crippen molar-refractivity contribution >= 4 is 5.78 Å². The molecule has 1 aromatic carbocycles. The molecule has 1 N–H and O–H groups in total. The molecule has 2 rings (SSSR count). The number of benzene rings is 1. The van der Waals surface area contributed by atoms with Gasteiger partial charge in [-0.3, -0.25) is 4.79 Å². The molecule has 0 spiro atoms. The molecule has 0 bridgehead atoms. The van der Waals surface area contributed by atoms with Crippen LogP contribution >= 0.6 is 0 Å². The van der Waals surface area contributed by atoms with E-state index in [1.54, 1.807) is 18.2 Å². The maximum absolute atomic E-state index is 14.0. The van der Waals surface area contributed by atoms with Gasteiger partial charge in [-0.25, -0.2) is 4.39 Å². The van der Waals surface area contributed by atoms with Gasteiger partial charge in [0.2, 0.25) is 0 Å². The molecule has 4 heteroatoms. The molecule has 0 aliphatic carbocycles. The Kier molecular flexibility index (Phi) is 5.74. The monoisotopic (exact) mass is 293 g/mol. The Bertz CT molecular complexity index is 484. The second kappa shape index (κ2) is 7.55. The number of carbonyl (C=O) groups is 1. The first-order chi connectivity index (χ1) is 10.1. The van der Waals surface area contributed by atoms with E-state index in [4.69, 9.17) is 4.74 Å². The minimum atomic E-state index is -0.416. The molecule has 3 nitrogen and oxygen atoms in total. The first-order valence-corrected chi connectivity index (χ1v) is 7.65. The van der Waals surface area contributed by atoms with E-state index >= 15 is 0 Å². The van der Waals surface area contributed by atoms with Gasteiger partial charge >= 0.3 is 0 Å². The number of methoxy groups -OCH3 is 1. The van der Waals surface area contributed by atoms with Crippen LogP contribution in [0, 0.1) is 17.7 Å². The topological polar surface area (TPSA) is 38.3 Å². The maximum Gasteiger partial charge on any atom is 0.168 e. The van der Waals surface area contributed by atoms with Gasteiger partial charge in [0.1, 0.15) is 5.78 Å². The summed E-state index contributed by atoms with van der Waals surface area (Å²) in [5.41, 5.74) is 0.424. The molecule has 2 atom stereocenters. The SMILES string of the molecule is COc1cccc(CC(=O)CC(C)C2CCCNC2)c1F. The molecule has 1 heterocycles. The van der Waals surface area contributed by atoms with E-state index in [1.807, 2.05) is 0 Å². The molecule has 0 amide bonds. The van der Waals surface area contributed by atoms with E-state index in [9.17, 15) is 9.18 Å². The zero-order valence-corrected chi connectivity index (χ0v) is 12.8. The average molecular weight is 293 g/mol. The Hall–Kier alpha value is -1.42. The predicted octanol–water partition coefficient (Wildman–Crippen LogP) is 2.97. The molecule has 1 fully saturated rings. The Balaban J connectivity index is 1.92. The van der Waals surface area contributed by atoms with E-state index in [0.717, 1.165) is 13.1 Å². The van der Waals surface area contributed by atoms with Gasteiger partial charge in [0.05, 0.1) is 7.11 Å². The number of nitrogens with one attached hydrogen (secondary N) is 1. The molecule has 0 saturated carbocycles. The standard InChI is InChI=1S/C17H24FNO2/c1-12(14-6-4-8-19-11-14)9-15(20)10-13-5-3-7-16(21-2)17(13)18/h3,5,7,12,14,19H,4,6,8-11H2,1-2H3. The van der Waals surface area contributed by atoms with Crippen LogP contribution in [0.4, 0.5) is 4.39 Å². The van der Waals surface area contributed by atoms with Crippen LogP contribution in [0.2, 0.25) is 0 Å². The highest BCUT2D eigenvalue weighted by atomic mass is 19.1. The number of carbonyl (C=O) groups excluding carboxylic acids is 1. The van der Waals surface area contributed by atoms with Gasteiger partial charge in [0, 0.05) is 12.8 Å². The summed E-state index contributed by atoms with van der Waals surface area (Å²) in [4.78, 5) is 12.2. The summed E-state index contributed by atoms with van der Waals surface area (Å²) < 4.78 is 19.0. The summed E-state index contributed by atoms with van der Waals surface area (Å²) in [5.74, 6) is 0.780. The number of rotatable bonds is 6. The highest BCUT2D eigenvalue weighted by molar-refractivity contribution is 5.81. The molecule has 1 aliphatic heterocycles. The maximum atomic E-state index is 14.0. The van der Waals surface area contributed by atoms with Crippen molar-refractivity contribution in [2.75, 3.05) is 20.2 Å². The Morgan fingerprint density at radius 3 is 3.00 bits per heavy atom. The molecule has 1 aliphatic rings. The highest BCUT2D eigenvalue weighted by Crippen LogP contribution is 2.25. The number of hydrogen-bond acceptors (Lipinski definition) is 3. The van der Waals surface area contributed by atoms with Crippen LogP contribution in [-0.4, -0.2) is 26.0 Å². The lowest BCUT2D eigenvalue weighted by atomic mass is 9.83. The van der Waals surface area contributed by atoms with Gasteiger partial charge in [0.25, 0.3) is 0 Å². The van der Waals surface area contributed by atoms with Crippen LogP contribution < -0.4 is 10.1 Å². The normalized spacial score (nSPS) is 20.0. The van der Waals surface area contributed by atoms with Gasteiger partial charge in [-0.2, -0.15) is 0 Å². The number of Topliss-reactive ketones (excluding diaryl/α,β-unsaturated/α-hetero) is 1. The third kappa shape index (κ3) is 4.27. The molecule has 116 valence electrons. The molecule has 1 saturated heterocycles. The van der Waals surface area contributed by atoms with Crippen molar-refractivity contribution in [2.45, 2.75) is 32.6 Å². The zero-order chi connectivity index (χ0) is 15.2. The third-order valence-electron chi connectivity index (χ3n) is 4.34. The minimum absolute atomic E-state index is 0.0974. The fourth-order valence-electron chi connectivity index (χ4n) is 3.03. The summed E-state index contributed by atoms with van der Waals surface area (Å²) in [6.07, 6.45) is 3.01. The Labute approximate surface area is 125 Å². The fourth-order valence-corrected chi connectivity index (χ4v) is 3.03. The van der Waals surface area contributed by atoms with E-state index < -0.39 is 5.82 Å². The van der Waals surface area contributed by atoms with Crippen LogP contribution in [0.5, 0.6) is 5.75 Å². The summed E-state index contributed by atoms with van der Waals surface area (Å²) in [5, 5.41) is 3.38. The summed E-state index contributed by atoms with van der Waals surface area (Å²) in [7, 11) is 1.43. The lowest BCUT2D eigenvalue weighted by Gasteiger charge is -2.28. The Morgan fingerprint density at radius 2 is 2.33 bits per heavy atom. The quantitative estimate of drug-likeness (QED) is 0.876. The van der Waals surface area contributed by atoms with Gasteiger partial charge in [0.15, 0.2) is 11.6 Å². The second-order valence-corrected chi connectivity index (χ2v) is 5.94. The summed E-state index contributed by atoms with van der Waals surface area (Å²) in [6.45, 7) is 4.19. The smallest absolute Gasteiger partial charge is 0.168 e. The molecular formula is C17H24FNO2. The van der Waals surface area contributed by atoms with Crippen LogP contribution in [0.25, 0.3) is 0 Å². The van der Waals surface area contributed by atoms with Gasteiger partial charge in [-0.1, -0.05) is 19.1 Å². The van der Waals surface area contributed by atoms with E-state index in [-0.39, 0.29) is 18.0 Å². The van der Waals surface area contributed by atoms with Gasteiger partial charge in [-0.05, 0) is 49.4 Å². The largest absolute Gasteiger partial charge is 0.494 e. The minimum Gasteiger partial charge on any atom is -0.494 e. The molecule has 0 aromatic heterocycles. The van der Waals surface area contributed by atoms with Crippen LogP contribution in [-0.2, 0) is 11.2 Å². The van der Waals surface area contributed by atoms with Crippen molar-refractivity contribution in [3.8, 4) is 5.75 Å². The number of ketones is 1. The average Bonchev–Trinajstić information content (AvgIpc) is 2.50. The number of piperidine rings is 1. The summed E-state index contributed by atoms with van der Waals surface area (Å²) >= 11 is 0. The second-order valence-electron chi connectivity index (χ2n) is 5.94. The van der Waals surface area contributed by atoms with Crippen molar-refractivity contribution in [1.82, 2.24) is 5.32 Å². The Morgan fingerprint density at radius 1 is 1.52 bits per heavy atom. The van der Waals surface area contributed by atoms with Crippen molar-refractivity contribution in [1.29, 1.82) is 0 Å². The summed E-state index contributed by atoms with van der Waals surface area (Å²) in [6, 6.07) is 4.95. The lowest BCUT2D eigenvalue weighted by Crippen LogP contribution is -2.34. The van der Waals surface area contributed by atoms with Crippen molar-refractivity contribution in [3.05, 3.63) is 29.6 Å². The highest BCUT2D eigenvalue weighted by Gasteiger charge is 2.22. The third-order valence-corrected chi connectivity index (χ3v) is 4.34. The van der Waals surface area contributed by atoms with Crippen molar-refractivity contribution < 1.29 is 13.9 Å². The van der Waals surface area contributed by atoms with Gasteiger partial charge in [-0.15, -0.1) is 0 Å². The molecule has 1 aromatic rings.